The van der Waals surface area contributed by atoms with Crippen LogP contribution in [0.5, 0.6) is 0 Å². The number of hydrogen-bond acceptors (Lipinski definition) is 0. The summed E-state index contributed by atoms with van der Waals surface area (Å²) in [6.45, 7) is 21.0. The SMILES string of the molecule is CC.CC1CC2CCCCC2C1C(C)(C)CC1CCC2CCCCC21.CCC(C)(C)CC. The Morgan fingerprint density at radius 3 is 1.75 bits per heavy atom. The Balaban J connectivity index is 0.000000348. The molecule has 0 heteroatoms. The van der Waals surface area contributed by atoms with E-state index < -0.39 is 0 Å². The molecule has 0 spiro atoms. The second-order valence-corrected chi connectivity index (χ2v) is 13.6. The van der Waals surface area contributed by atoms with E-state index in [-0.39, 0.29) is 0 Å². The molecule has 0 aromatic heterocycles. The van der Waals surface area contributed by atoms with Crippen molar-refractivity contribution in [3.8, 4) is 0 Å². The quantitative estimate of drug-likeness (QED) is 0.394. The van der Waals surface area contributed by atoms with Gasteiger partial charge in [-0.25, -0.2) is 0 Å². The third kappa shape index (κ3) is 7.01. The van der Waals surface area contributed by atoms with Gasteiger partial charge in [0.05, 0.1) is 0 Å². The molecular formula is C32H62. The Morgan fingerprint density at radius 1 is 0.656 bits per heavy atom. The lowest BCUT2D eigenvalue weighted by Gasteiger charge is -2.43. The molecule has 0 radical (unpaired) electrons. The second-order valence-electron chi connectivity index (χ2n) is 13.6. The average Bonchev–Trinajstić information content (AvgIpc) is 3.35. The van der Waals surface area contributed by atoms with E-state index in [1.165, 1.54) is 38.5 Å². The molecule has 4 aliphatic rings. The van der Waals surface area contributed by atoms with Gasteiger partial charge >= 0.3 is 0 Å². The maximum Gasteiger partial charge on any atom is -0.0306 e. The van der Waals surface area contributed by atoms with Gasteiger partial charge in [0, 0.05) is 0 Å². The predicted octanol–water partition coefficient (Wildman–Crippen LogP) is 10.9. The third-order valence-electron chi connectivity index (χ3n) is 10.8. The summed E-state index contributed by atoms with van der Waals surface area (Å²) in [6, 6.07) is 0. The molecule has 4 saturated carbocycles. The summed E-state index contributed by atoms with van der Waals surface area (Å²) < 4.78 is 0. The maximum atomic E-state index is 2.67. The fraction of sp³-hybridized carbons (Fsp3) is 1.00. The summed E-state index contributed by atoms with van der Waals surface area (Å²) in [4.78, 5) is 0. The monoisotopic (exact) mass is 446 g/mol. The summed E-state index contributed by atoms with van der Waals surface area (Å²) in [7, 11) is 0. The van der Waals surface area contributed by atoms with E-state index in [9.17, 15) is 0 Å². The second kappa shape index (κ2) is 12.6. The highest BCUT2D eigenvalue weighted by Crippen LogP contribution is 2.59. The van der Waals surface area contributed by atoms with Crippen molar-refractivity contribution in [2.45, 2.75) is 152 Å². The van der Waals surface area contributed by atoms with Gasteiger partial charge in [-0.15, -0.1) is 0 Å². The van der Waals surface area contributed by atoms with Crippen LogP contribution in [0.3, 0.4) is 0 Å². The van der Waals surface area contributed by atoms with Crippen molar-refractivity contribution in [1.82, 2.24) is 0 Å². The van der Waals surface area contributed by atoms with Crippen LogP contribution in [0.15, 0.2) is 0 Å². The van der Waals surface area contributed by atoms with Crippen molar-refractivity contribution < 1.29 is 0 Å². The predicted molar refractivity (Wildman–Crippen MR) is 145 cm³/mol. The molecule has 7 atom stereocenters. The van der Waals surface area contributed by atoms with Crippen molar-refractivity contribution in [1.29, 1.82) is 0 Å². The Bertz CT molecular complexity index is 508. The minimum atomic E-state index is 0.583. The molecule has 0 amide bonds. The third-order valence-corrected chi connectivity index (χ3v) is 10.8. The van der Waals surface area contributed by atoms with Crippen LogP contribution in [0, 0.1) is 52.3 Å². The van der Waals surface area contributed by atoms with Gasteiger partial charge in [0.15, 0.2) is 0 Å². The van der Waals surface area contributed by atoms with Gasteiger partial charge in [-0.3, -0.25) is 0 Å². The lowest BCUT2D eigenvalue weighted by molar-refractivity contribution is 0.0582. The first-order valence-corrected chi connectivity index (χ1v) is 15.2. The summed E-state index contributed by atoms with van der Waals surface area (Å²) in [5, 5.41) is 0. The molecule has 0 saturated heterocycles. The summed E-state index contributed by atoms with van der Waals surface area (Å²) in [6.07, 6.45) is 21.2. The van der Waals surface area contributed by atoms with Crippen LogP contribution in [0.1, 0.15) is 152 Å². The van der Waals surface area contributed by atoms with Crippen LogP contribution in [0.2, 0.25) is 0 Å². The van der Waals surface area contributed by atoms with Gasteiger partial charge in [0.25, 0.3) is 0 Å². The highest BCUT2D eigenvalue weighted by atomic mass is 14.5. The van der Waals surface area contributed by atoms with Gasteiger partial charge < -0.3 is 0 Å². The van der Waals surface area contributed by atoms with Gasteiger partial charge in [0.1, 0.15) is 0 Å². The molecule has 7 unspecified atom stereocenters. The zero-order valence-electron chi connectivity index (χ0n) is 23.9. The van der Waals surface area contributed by atoms with Crippen molar-refractivity contribution >= 4 is 0 Å². The number of hydrogen-bond donors (Lipinski definition) is 0. The lowest BCUT2D eigenvalue weighted by Crippen LogP contribution is -2.36. The molecule has 0 aromatic rings. The zero-order chi connectivity index (χ0) is 23.9. The van der Waals surface area contributed by atoms with Crippen LogP contribution < -0.4 is 0 Å². The molecule has 4 fully saturated rings. The normalized spacial score (nSPS) is 36.8. The van der Waals surface area contributed by atoms with Gasteiger partial charge in [-0.2, -0.15) is 0 Å². The first-order valence-electron chi connectivity index (χ1n) is 15.2. The van der Waals surface area contributed by atoms with E-state index in [4.69, 9.17) is 0 Å². The Labute approximate surface area is 204 Å². The van der Waals surface area contributed by atoms with Crippen molar-refractivity contribution in [2.24, 2.45) is 52.3 Å². The van der Waals surface area contributed by atoms with Crippen molar-refractivity contribution in [3.05, 3.63) is 0 Å². The first-order chi connectivity index (χ1) is 15.2. The smallest absolute Gasteiger partial charge is 0.0306 e. The highest BCUT2D eigenvalue weighted by Gasteiger charge is 2.50. The van der Waals surface area contributed by atoms with Crippen LogP contribution in [-0.2, 0) is 0 Å². The largest absolute Gasteiger partial charge is 0.0683 e. The molecule has 0 bridgehead atoms. The Hall–Kier alpha value is 0. The minimum Gasteiger partial charge on any atom is -0.0683 e. The maximum absolute atomic E-state index is 2.67. The number of rotatable bonds is 5. The standard InChI is InChI=1S/C23H40.C7H16.C2H6/c1-16-14-18-9-5-7-11-21(18)22(16)23(2,3)15-19-13-12-17-8-4-6-10-20(17)19;1-5-7(3,4)6-2;1-2/h16-22H,4-15H2,1-3H3;5-6H2,1-4H3;1-2H3. The molecule has 0 heterocycles. The number of fused-ring (bicyclic) bond motifs is 2. The molecule has 0 aromatic carbocycles. The van der Waals surface area contributed by atoms with Crippen LogP contribution in [0.25, 0.3) is 0 Å². The molecule has 4 aliphatic carbocycles. The lowest BCUT2D eigenvalue weighted by atomic mass is 9.62. The minimum absolute atomic E-state index is 0.583. The van der Waals surface area contributed by atoms with Crippen molar-refractivity contribution in [3.63, 3.8) is 0 Å². The summed E-state index contributed by atoms with van der Waals surface area (Å²) >= 11 is 0. The van der Waals surface area contributed by atoms with Gasteiger partial charge in [-0.1, -0.05) is 114 Å². The van der Waals surface area contributed by atoms with Crippen LogP contribution in [-0.4, -0.2) is 0 Å². The molecule has 0 nitrogen and oxygen atoms in total. The van der Waals surface area contributed by atoms with E-state index in [0.717, 1.165) is 41.4 Å². The highest BCUT2D eigenvalue weighted by molar-refractivity contribution is 4.99. The molecule has 190 valence electrons. The van der Waals surface area contributed by atoms with E-state index in [0.29, 0.717) is 10.8 Å². The van der Waals surface area contributed by atoms with Crippen LogP contribution >= 0.6 is 0 Å². The van der Waals surface area contributed by atoms with Crippen LogP contribution in [0.4, 0.5) is 0 Å². The topological polar surface area (TPSA) is 0 Å². The molecular weight excluding hydrogens is 384 g/mol. The summed E-state index contributed by atoms with van der Waals surface area (Å²) in [5.74, 6) is 7.49. The fourth-order valence-corrected chi connectivity index (χ4v) is 8.57. The fourth-order valence-electron chi connectivity index (χ4n) is 8.57. The summed E-state index contributed by atoms with van der Waals surface area (Å²) in [5.41, 5.74) is 1.17. The van der Waals surface area contributed by atoms with E-state index >= 15 is 0 Å². The first kappa shape index (κ1) is 28.2. The Morgan fingerprint density at radius 2 is 1.19 bits per heavy atom. The van der Waals surface area contributed by atoms with Gasteiger partial charge in [0.2, 0.25) is 0 Å². The van der Waals surface area contributed by atoms with Gasteiger partial charge in [-0.05, 0) is 90.8 Å². The Kier molecular flexibility index (Phi) is 11.1. The average molecular weight is 447 g/mol. The molecule has 32 heavy (non-hydrogen) atoms. The molecule has 0 N–H and O–H groups in total. The van der Waals surface area contributed by atoms with E-state index in [1.54, 1.807) is 51.4 Å². The van der Waals surface area contributed by atoms with Crippen molar-refractivity contribution in [2.75, 3.05) is 0 Å². The molecule has 0 aliphatic heterocycles. The zero-order valence-corrected chi connectivity index (χ0v) is 23.9. The van der Waals surface area contributed by atoms with E-state index in [2.05, 4.69) is 48.5 Å². The molecule has 4 rings (SSSR count). The van der Waals surface area contributed by atoms with E-state index in [1.807, 2.05) is 13.8 Å².